The summed E-state index contributed by atoms with van der Waals surface area (Å²) in [6.45, 7) is 3.32. The van der Waals surface area contributed by atoms with Crippen molar-refractivity contribution >= 4 is 28.8 Å². The van der Waals surface area contributed by atoms with Gasteiger partial charge in [-0.1, -0.05) is 18.2 Å². The van der Waals surface area contributed by atoms with Crippen LogP contribution < -0.4 is 10.9 Å². The minimum atomic E-state index is -0.734. The Labute approximate surface area is 166 Å². The fraction of sp³-hybridized carbons (Fsp3) is 0.190. The summed E-state index contributed by atoms with van der Waals surface area (Å²) in [5.74, 6) is -2.04. The van der Waals surface area contributed by atoms with E-state index in [-0.39, 0.29) is 11.1 Å². The van der Waals surface area contributed by atoms with Gasteiger partial charge in [-0.3, -0.25) is 19.7 Å². The molecular formula is C21H19N3O5. The average Bonchev–Trinajstić information content (AvgIpc) is 2.73. The lowest BCUT2D eigenvalue weighted by Crippen LogP contribution is -2.34. The Morgan fingerprint density at radius 2 is 1.79 bits per heavy atom. The molecule has 1 N–H and O–H groups in total. The highest BCUT2D eigenvalue weighted by atomic mass is 16.5. The molecular weight excluding hydrogens is 374 g/mol. The van der Waals surface area contributed by atoms with E-state index >= 15 is 0 Å². The van der Waals surface area contributed by atoms with Crippen LogP contribution in [0.3, 0.4) is 0 Å². The third kappa shape index (κ3) is 4.37. The third-order valence-corrected chi connectivity index (χ3v) is 4.28. The molecule has 0 saturated carbocycles. The molecule has 2 aromatic carbocycles. The number of esters is 1. The number of amides is 2. The summed E-state index contributed by atoms with van der Waals surface area (Å²) in [6.07, 6.45) is 0. The molecule has 3 aromatic rings. The molecule has 2 amide bonds. The van der Waals surface area contributed by atoms with Crippen LogP contribution in [0.4, 0.5) is 0 Å². The lowest BCUT2D eigenvalue weighted by molar-refractivity contribution is -0.123. The monoisotopic (exact) mass is 393 g/mol. The smallest absolute Gasteiger partial charge is 0.338 e. The van der Waals surface area contributed by atoms with E-state index in [1.807, 2.05) is 6.92 Å². The quantitative estimate of drug-likeness (QED) is 0.663. The van der Waals surface area contributed by atoms with Crippen LogP contribution in [-0.4, -0.2) is 33.9 Å². The van der Waals surface area contributed by atoms with E-state index in [4.69, 9.17) is 4.74 Å². The second-order valence-electron chi connectivity index (χ2n) is 6.27. The SMILES string of the molecule is CCn1c(=O)c(C)nc2cc(C(=O)OCC(=O)NC(=O)c3ccccc3)ccc21. The predicted octanol–water partition coefficient (Wildman–Crippen LogP) is 1.84. The topological polar surface area (TPSA) is 107 Å². The number of rotatable bonds is 5. The standard InChI is InChI=1S/C21H19N3O5/c1-3-24-17-10-9-15(11-16(17)22-13(2)20(24)27)21(28)29-12-18(25)23-19(26)14-7-5-4-6-8-14/h4-11H,3,12H2,1-2H3,(H,23,25,26). The number of fused-ring (bicyclic) bond motifs is 1. The van der Waals surface area contributed by atoms with Gasteiger partial charge in [-0.15, -0.1) is 0 Å². The molecule has 0 spiro atoms. The minimum absolute atomic E-state index is 0.185. The maximum atomic E-state index is 12.3. The largest absolute Gasteiger partial charge is 0.452 e. The maximum absolute atomic E-state index is 12.3. The van der Waals surface area contributed by atoms with Crippen molar-refractivity contribution in [3.05, 3.63) is 75.7 Å². The maximum Gasteiger partial charge on any atom is 0.338 e. The number of nitrogens with zero attached hydrogens (tertiary/aromatic N) is 2. The van der Waals surface area contributed by atoms with Crippen LogP contribution in [0.15, 0.2) is 53.3 Å². The molecule has 0 aliphatic heterocycles. The van der Waals surface area contributed by atoms with E-state index in [0.29, 0.717) is 28.8 Å². The number of carbonyl (C=O) groups excluding carboxylic acids is 3. The summed E-state index contributed by atoms with van der Waals surface area (Å²) in [4.78, 5) is 52.4. The highest BCUT2D eigenvalue weighted by Crippen LogP contribution is 2.14. The highest BCUT2D eigenvalue weighted by Gasteiger charge is 2.15. The average molecular weight is 393 g/mol. The molecule has 1 heterocycles. The molecule has 0 aliphatic carbocycles. The lowest BCUT2D eigenvalue weighted by Gasteiger charge is -2.10. The van der Waals surface area contributed by atoms with Gasteiger partial charge in [0.15, 0.2) is 6.61 Å². The molecule has 0 bridgehead atoms. The van der Waals surface area contributed by atoms with Gasteiger partial charge in [-0.05, 0) is 44.2 Å². The number of hydrogen-bond acceptors (Lipinski definition) is 6. The molecule has 8 heteroatoms. The molecule has 3 rings (SSSR count). The van der Waals surface area contributed by atoms with Gasteiger partial charge < -0.3 is 9.30 Å². The zero-order valence-electron chi connectivity index (χ0n) is 16.0. The van der Waals surface area contributed by atoms with Crippen LogP contribution in [0.25, 0.3) is 11.0 Å². The Hall–Kier alpha value is -3.81. The van der Waals surface area contributed by atoms with Crippen molar-refractivity contribution in [2.24, 2.45) is 0 Å². The Kier molecular flexibility index (Phi) is 5.82. The Bertz CT molecular complexity index is 1150. The molecule has 0 unspecified atom stereocenters. The first kappa shape index (κ1) is 19.9. The molecule has 29 heavy (non-hydrogen) atoms. The molecule has 148 valence electrons. The summed E-state index contributed by atoms with van der Waals surface area (Å²) in [5.41, 5.74) is 1.73. The van der Waals surface area contributed by atoms with E-state index in [2.05, 4.69) is 10.3 Å². The molecule has 8 nitrogen and oxygen atoms in total. The Morgan fingerprint density at radius 3 is 2.48 bits per heavy atom. The fourth-order valence-corrected chi connectivity index (χ4v) is 2.85. The van der Waals surface area contributed by atoms with Crippen molar-refractivity contribution in [1.82, 2.24) is 14.9 Å². The number of nitrogens with one attached hydrogen (secondary N) is 1. The molecule has 0 radical (unpaired) electrons. The van der Waals surface area contributed by atoms with E-state index in [9.17, 15) is 19.2 Å². The normalized spacial score (nSPS) is 10.6. The molecule has 0 aliphatic rings. The predicted molar refractivity (Wildman–Crippen MR) is 106 cm³/mol. The van der Waals surface area contributed by atoms with Gasteiger partial charge in [0, 0.05) is 12.1 Å². The summed E-state index contributed by atoms with van der Waals surface area (Å²) < 4.78 is 6.55. The molecule has 0 fully saturated rings. The van der Waals surface area contributed by atoms with Gasteiger partial charge in [0.1, 0.15) is 5.69 Å². The van der Waals surface area contributed by atoms with Crippen LogP contribution in [-0.2, 0) is 16.1 Å². The summed E-state index contributed by atoms with van der Waals surface area (Å²) in [5, 5.41) is 2.16. The number of carbonyl (C=O) groups is 3. The van der Waals surface area contributed by atoms with Crippen molar-refractivity contribution in [2.75, 3.05) is 6.61 Å². The van der Waals surface area contributed by atoms with Gasteiger partial charge in [-0.2, -0.15) is 0 Å². The number of ether oxygens (including phenoxy) is 1. The summed E-state index contributed by atoms with van der Waals surface area (Å²) in [6, 6.07) is 12.8. The van der Waals surface area contributed by atoms with Gasteiger partial charge in [-0.25, -0.2) is 9.78 Å². The Balaban J connectivity index is 1.68. The minimum Gasteiger partial charge on any atom is -0.452 e. The molecule has 0 saturated heterocycles. The highest BCUT2D eigenvalue weighted by molar-refractivity contribution is 6.05. The van der Waals surface area contributed by atoms with Crippen molar-refractivity contribution in [2.45, 2.75) is 20.4 Å². The van der Waals surface area contributed by atoms with Gasteiger partial charge in [0.05, 0.1) is 16.6 Å². The third-order valence-electron chi connectivity index (χ3n) is 4.28. The number of imide groups is 1. The van der Waals surface area contributed by atoms with Crippen molar-refractivity contribution in [1.29, 1.82) is 0 Å². The number of aryl methyl sites for hydroxylation is 2. The summed E-state index contributed by atoms with van der Waals surface area (Å²) >= 11 is 0. The number of benzene rings is 2. The second-order valence-corrected chi connectivity index (χ2v) is 6.27. The van der Waals surface area contributed by atoms with Crippen molar-refractivity contribution in [3.8, 4) is 0 Å². The number of hydrogen-bond donors (Lipinski definition) is 1. The van der Waals surface area contributed by atoms with Crippen molar-refractivity contribution in [3.63, 3.8) is 0 Å². The first-order valence-electron chi connectivity index (χ1n) is 8.98. The fourth-order valence-electron chi connectivity index (χ4n) is 2.85. The zero-order valence-corrected chi connectivity index (χ0v) is 16.0. The van der Waals surface area contributed by atoms with Crippen LogP contribution in [0.1, 0.15) is 33.3 Å². The van der Waals surface area contributed by atoms with Crippen LogP contribution >= 0.6 is 0 Å². The van der Waals surface area contributed by atoms with Crippen LogP contribution in [0.5, 0.6) is 0 Å². The van der Waals surface area contributed by atoms with E-state index in [1.54, 1.807) is 47.9 Å². The van der Waals surface area contributed by atoms with E-state index in [1.165, 1.54) is 12.1 Å². The zero-order chi connectivity index (χ0) is 21.0. The Morgan fingerprint density at radius 1 is 1.07 bits per heavy atom. The van der Waals surface area contributed by atoms with Crippen LogP contribution in [0, 0.1) is 6.92 Å². The lowest BCUT2D eigenvalue weighted by atomic mass is 10.2. The van der Waals surface area contributed by atoms with Gasteiger partial charge in [0.25, 0.3) is 17.4 Å². The molecule has 1 aromatic heterocycles. The van der Waals surface area contributed by atoms with Crippen LogP contribution in [0.2, 0.25) is 0 Å². The molecule has 0 atom stereocenters. The second kappa shape index (κ2) is 8.47. The van der Waals surface area contributed by atoms with E-state index < -0.39 is 24.4 Å². The summed E-state index contributed by atoms with van der Waals surface area (Å²) in [7, 11) is 0. The number of aromatic nitrogens is 2. The first-order chi connectivity index (χ1) is 13.9. The van der Waals surface area contributed by atoms with Crippen molar-refractivity contribution < 1.29 is 19.1 Å². The van der Waals surface area contributed by atoms with E-state index in [0.717, 1.165) is 0 Å². The van der Waals surface area contributed by atoms with Gasteiger partial charge in [0.2, 0.25) is 0 Å². The first-order valence-corrected chi connectivity index (χ1v) is 8.98. The van der Waals surface area contributed by atoms with Gasteiger partial charge >= 0.3 is 5.97 Å².